The Morgan fingerprint density at radius 1 is 1.30 bits per heavy atom. The molecule has 1 aromatic rings. The van der Waals surface area contributed by atoms with Gasteiger partial charge in [0.2, 0.25) is 0 Å². The molecule has 3 nitrogen and oxygen atoms in total. The number of hydrogen-bond donors (Lipinski definition) is 1. The normalized spacial score (nSPS) is 12.7. The minimum absolute atomic E-state index is 0.0145. The van der Waals surface area contributed by atoms with Gasteiger partial charge in [0.05, 0.1) is 5.75 Å². The number of rotatable bonds is 6. The van der Waals surface area contributed by atoms with Crippen molar-refractivity contribution in [3.05, 3.63) is 29.6 Å². The second-order valence-electron chi connectivity index (χ2n) is 5.85. The lowest BCUT2D eigenvalue weighted by atomic mass is 10.1. The van der Waals surface area contributed by atoms with E-state index in [1.54, 1.807) is 6.07 Å². The summed E-state index contributed by atoms with van der Waals surface area (Å²) in [6.07, 6.45) is 1.19. The van der Waals surface area contributed by atoms with Gasteiger partial charge in [-0.3, -0.25) is 0 Å². The Bertz CT molecular complexity index is 551. The summed E-state index contributed by atoms with van der Waals surface area (Å²) >= 11 is 1.23. The Balaban J connectivity index is 2.59. The Kier molecular flexibility index (Phi) is 6.04. The highest BCUT2D eigenvalue weighted by molar-refractivity contribution is 8.00. The van der Waals surface area contributed by atoms with Crippen molar-refractivity contribution in [2.75, 3.05) is 17.8 Å². The molecule has 0 saturated carbocycles. The summed E-state index contributed by atoms with van der Waals surface area (Å²) in [5.41, 5.74) is 0.865. The Hall–Kier alpha value is -0.590. The SMILES string of the molecule is CC(C)(C)NCc1ccc(SCCS(C)(=O)=O)c(F)c1. The standard InChI is InChI=1S/C14H22FNO2S2/c1-14(2,3)16-10-11-5-6-13(12(15)9-11)19-7-8-20(4,17)18/h5-6,9,16H,7-8,10H2,1-4H3. The van der Waals surface area contributed by atoms with Crippen molar-refractivity contribution < 1.29 is 12.8 Å². The van der Waals surface area contributed by atoms with E-state index in [9.17, 15) is 12.8 Å². The molecule has 0 unspecified atom stereocenters. The first-order valence-corrected chi connectivity index (χ1v) is 9.45. The number of halogens is 1. The van der Waals surface area contributed by atoms with Crippen LogP contribution in [0.15, 0.2) is 23.1 Å². The smallest absolute Gasteiger partial charge is 0.148 e. The molecule has 114 valence electrons. The van der Waals surface area contributed by atoms with Crippen LogP contribution in [0.3, 0.4) is 0 Å². The van der Waals surface area contributed by atoms with Crippen molar-refractivity contribution in [1.29, 1.82) is 0 Å². The maximum Gasteiger partial charge on any atom is 0.148 e. The van der Waals surface area contributed by atoms with Gasteiger partial charge in [-0.1, -0.05) is 6.07 Å². The van der Waals surface area contributed by atoms with Crippen LogP contribution in [0.2, 0.25) is 0 Å². The van der Waals surface area contributed by atoms with Crippen molar-refractivity contribution in [3.63, 3.8) is 0 Å². The fourth-order valence-corrected chi connectivity index (χ4v) is 3.57. The molecule has 0 bridgehead atoms. The molecule has 0 radical (unpaired) electrons. The Morgan fingerprint density at radius 3 is 2.45 bits per heavy atom. The molecule has 6 heteroatoms. The highest BCUT2D eigenvalue weighted by atomic mass is 32.2. The summed E-state index contributed by atoms with van der Waals surface area (Å²) in [6.45, 7) is 6.77. The number of nitrogens with one attached hydrogen (secondary N) is 1. The van der Waals surface area contributed by atoms with Gasteiger partial charge >= 0.3 is 0 Å². The minimum atomic E-state index is -2.99. The van der Waals surface area contributed by atoms with Crippen LogP contribution in [0.1, 0.15) is 26.3 Å². The highest BCUT2D eigenvalue weighted by Gasteiger charge is 2.10. The van der Waals surface area contributed by atoms with Gasteiger partial charge in [0.1, 0.15) is 15.7 Å². The maximum absolute atomic E-state index is 13.9. The third-order valence-electron chi connectivity index (χ3n) is 2.53. The molecule has 0 heterocycles. The Morgan fingerprint density at radius 2 is 1.95 bits per heavy atom. The first-order chi connectivity index (χ1) is 9.07. The van der Waals surface area contributed by atoms with Gasteiger partial charge in [-0.2, -0.15) is 0 Å². The quantitative estimate of drug-likeness (QED) is 0.819. The summed E-state index contributed by atoms with van der Waals surface area (Å²) < 4.78 is 35.9. The molecule has 0 aliphatic heterocycles. The zero-order valence-corrected chi connectivity index (χ0v) is 14.0. The van der Waals surface area contributed by atoms with E-state index < -0.39 is 9.84 Å². The molecule has 20 heavy (non-hydrogen) atoms. The molecule has 1 aromatic carbocycles. The first kappa shape index (κ1) is 17.5. The summed E-state index contributed by atoms with van der Waals surface area (Å²) in [7, 11) is -2.99. The summed E-state index contributed by atoms with van der Waals surface area (Å²) in [5.74, 6) is 0.136. The molecule has 0 aromatic heterocycles. The maximum atomic E-state index is 13.9. The molecular formula is C14H22FNO2S2. The average molecular weight is 319 g/mol. The van der Waals surface area contributed by atoms with E-state index in [-0.39, 0.29) is 17.1 Å². The van der Waals surface area contributed by atoms with Gasteiger partial charge in [0.15, 0.2) is 0 Å². The van der Waals surface area contributed by atoms with E-state index in [1.165, 1.54) is 24.1 Å². The molecule has 1 N–H and O–H groups in total. The number of sulfone groups is 1. The first-order valence-electron chi connectivity index (χ1n) is 6.41. The molecule has 0 saturated heterocycles. The van der Waals surface area contributed by atoms with Crippen LogP contribution in [-0.4, -0.2) is 31.7 Å². The zero-order chi connectivity index (χ0) is 15.4. The molecule has 0 aliphatic rings. The van der Waals surface area contributed by atoms with Crippen LogP contribution >= 0.6 is 11.8 Å². The average Bonchev–Trinajstić information content (AvgIpc) is 2.26. The van der Waals surface area contributed by atoms with Gasteiger partial charge in [-0.05, 0) is 38.5 Å². The van der Waals surface area contributed by atoms with Crippen molar-refractivity contribution in [1.82, 2.24) is 5.32 Å². The summed E-state index contributed by atoms with van der Waals surface area (Å²) in [5, 5.41) is 3.30. The van der Waals surface area contributed by atoms with E-state index >= 15 is 0 Å². The van der Waals surface area contributed by atoms with Crippen LogP contribution < -0.4 is 5.32 Å². The van der Waals surface area contributed by atoms with Gasteiger partial charge in [-0.15, -0.1) is 11.8 Å². The summed E-state index contributed by atoms with van der Waals surface area (Å²) in [4.78, 5) is 0.494. The van der Waals surface area contributed by atoms with E-state index in [0.29, 0.717) is 17.2 Å². The second kappa shape index (κ2) is 6.91. The molecule has 0 spiro atoms. The topological polar surface area (TPSA) is 46.2 Å². The van der Waals surface area contributed by atoms with E-state index in [2.05, 4.69) is 26.1 Å². The largest absolute Gasteiger partial charge is 0.308 e. The lowest BCUT2D eigenvalue weighted by Gasteiger charge is -2.20. The minimum Gasteiger partial charge on any atom is -0.308 e. The van der Waals surface area contributed by atoms with Crippen molar-refractivity contribution in [3.8, 4) is 0 Å². The molecule has 0 atom stereocenters. The van der Waals surface area contributed by atoms with E-state index in [4.69, 9.17) is 0 Å². The van der Waals surface area contributed by atoms with E-state index in [0.717, 1.165) is 5.56 Å². The predicted octanol–water partition coefficient (Wildman–Crippen LogP) is 2.85. The van der Waals surface area contributed by atoms with Gasteiger partial charge in [-0.25, -0.2) is 12.8 Å². The lowest BCUT2D eigenvalue weighted by Crippen LogP contribution is -2.35. The third-order valence-corrected chi connectivity index (χ3v) is 4.79. The lowest BCUT2D eigenvalue weighted by molar-refractivity contribution is 0.423. The molecular weight excluding hydrogens is 297 g/mol. The second-order valence-corrected chi connectivity index (χ2v) is 9.24. The van der Waals surface area contributed by atoms with Crippen molar-refractivity contribution >= 4 is 21.6 Å². The van der Waals surface area contributed by atoms with Crippen LogP contribution in [0.25, 0.3) is 0 Å². The van der Waals surface area contributed by atoms with Crippen LogP contribution in [0, 0.1) is 5.82 Å². The molecule has 0 aliphatic carbocycles. The van der Waals surface area contributed by atoms with Crippen LogP contribution in [-0.2, 0) is 16.4 Å². The van der Waals surface area contributed by atoms with E-state index in [1.807, 2.05) is 6.07 Å². The van der Waals surface area contributed by atoms with Gasteiger partial charge in [0.25, 0.3) is 0 Å². The molecule has 1 rings (SSSR count). The van der Waals surface area contributed by atoms with Crippen LogP contribution in [0.4, 0.5) is 4.39 Å². The van der Waals surface area contributed by atoms with Crippen molar-refractivity contribution in [2.24, 2.45) is 0 Å². The highest BCUT2D eigenvalue weighted by Crippen LogP contribution is 2.23. The Labute approximate surface area is 125 Å². The van der Waals surface area contributed by atoms with Gasteiger partial charge < -0.3 is 5.32 Å². The van der Waals surface area contributed by atoms with Gasteiger partial charge in [0, 0.05) is 29.0 Å². The molecule has 0 amide bonds. The predicted molar refractivity (Wildman–Crippen MR) is 83.4 cm³/mol. The number of hydrogen-bond acceptors (Lipinski definition) is 4. The monoisotopic (exact) mass is 319 g/mol. The fraction of sp³-hybridized carbons (Fsp3) is 0.571. The van der Waals surface area contributed by atoms with Crippen molar-refractivity contribution in [2.45, 2.75) is 37.8 Å². The zero-order valence-electron chi connectivity index (χ0n) is 12.4. The summed E-state index contributed by atoms with van der Waals surface area (Å²) in [6, 6.07) is 5.08. The third kappa shape index (κ3) is 7.26. The number of benzene rings is 1. The van der Waals surface area contributed by atoms with Crippen LogP contribution in [0.5, 0.6) is 0 Å². The molecule has 0 fully saturated rings. The number of thioether (sulfide) groups is 1. The fourth-order valence-electron chi connectivity index (χ4n) is 1.44.